The van der Waals surface area contributed by atoms with Crippen LogP contribution in [0.1, 0.15) is 27.7 Å². The molecule has 0 bridgehead atoms. The predicted octanol–water partition coefficient (Wildman–Crippen LogP) is 3.62. The highest BCUT2D eigenvalue weighted by atomic mass is 32.1. The van der Waals surface area contributed by atoms with Crippen molar-refractivity contribution in [2.24, 2.45) is 0 Å². The molecule has 0 aliphatic carbocycles. The fourth-order valence-electron chi connectivity index (χ4n) is 3.67. The van der Waals surface area contributed by atoms with Gasteiger partial charge >= 0.3 is 6.03 Å². The second-order valence-electron chi connectivity index (χ2n) is 9.10. The Morgan fingerprint density at radius 1 is 1.23 bits per heavy atom. The Kier molecular flexibility index (Phi) is 7.18. The largest absolute Gasteiger partial charge is 0.492 e. The zero-order chi connectivity index (χ0) is 25.2. The summed E-state index contributed by atoms with van der Waals surface area (Å²) in [7, 11) is 0. The normalized spacial score (nSPS) is 15.2. The number of ether oxygens (including phenoxy) is 1. The van der Waals surface area contributed by atoms with Crippen molar-refractivity contribution in [2.75, 3.05) is 31.6 Å². The molecule has 1 saturated heterocycles. The molecule has 2 aromatic heterocycles. The van der Waals surface area contributed by atoms with Gasteiger partial charge in [-0.3, -0.25) is 9.69 Å². The molecule has 9 nitrogen and oxygen atoms in total. The number of fused-ring (bicyclic) bond motifs is 1. The molecule has 186 valence electrons. The van der Waals surface area contributed by atoms with E-state index < -0.39 is 17.4 Å². The number of halogens is 1. The first-order chi connectivity index (χ1) is 16.6. The van der Waals surface area contributed by atoms with E-state index in [9.17, 15) is 14.0 Å². The van der Waals surface area contributed by atoms with Crippen LogP contribution in [0.25, 0.3) is 20.7 Å². The molecule has 0 saturated carbocycles. The molecule has 3 N–H and O–H groups in total. The monoisotopic (exact) mass is 500 g/mol. The molecule has 0 unspecified atom stereocenters. The van der Waals surface area contributed by atoms with E-state index in [1.54, 1.807) is 13.8 Å². The number of urea groups is 1. The minimum atomic E-state index is -0.923. The highest BCUT2D eigenvalue weighted by molar-refractivity contribution is 7.22. The van der Waals surface area contributed by atoms with Gasteiger partial charge in [0.1, 0.15) is 23.6 Å². The number of amides is 3. The van der Waals surface area contributed by atoms with Gasteiger partial charge in [-0.2, -0.15) is 0 Å². The van der Waals surface area contributed by atoms with Crippen LogP contribution in [0.15, 0.2) is 30.5 Å². The van der Waals surface area contributed by atoms with Gasteiger partial charge in [-0.05, 0) is 43.5 Å². The highest BCUT2D eigenvalue weighted by Crippen LogP contribution is 2.35. The lowest BCUT2D eigenvalue weighted by atomic mass is 10.1. The predicted molar refractivity (Wildman–Crippen MR) is 134 cm³/mol. The number of nitrogens with zero attached hydrogens (tertiary/aromatic N) is 3. The molecule has 3 heterocycles. The lowest BCUT2D eigenvalue weighted by molar-refractivity contribution is -0.130. The number of carbonyl (C=O) groups excluding carboxylic acids is 2. The number of benzene rings is 1. The summed E-state index contributed by atoms with van der Waals surface area (Å²) in [5, 5.41) is 9.85. The van der Waals surface area contributed by atoms with Crippen LogP contribution in [-0.4, -0.2) is 64.6 Å². The molecule has 1 aliphatic heterocycles. The minimum Gasteiger partial charge on any atom is -0.492 e. The number of nitrogens with one attached hydrogen (secondary N) is 3. The summed E-state index contributed by atoms with van der Waals surface area (Å²) in [6.07, 6.45) is 1.11. The van der Waals surface area contributed by atoms with Crippen LogP contribution in [-0.2, 0) is 4.79 Å². The molecule has 11 heteroatoms. The maximum absolute atomic E-state index is 14.6. The van der Waals surface area contributed by atoms with Gasteiger partial charge in [-0.1, -0.05) is 13.8 Å². The Balaban J connectivity index is 1.43. The zero-order valence-electron chi connectivity index (χ0n) is 20.1. The van der Waals surface area contributed by atoms with Gasteiger partial charge in [-0.15, -0.1) is 11.3 Å². The molecular formula is C24H29FN6O3S. The van der Waals surface area contributed by atoms with Crippen LogP contribution in [0.5, 0.6) is 5.75 Å². The summed E-state index contributed by atoms with van der Waals surface area (Å²) in [6, 6.07) is 7.63. The SMILES string of the molecule is CC(C)NCCOc1ccc2sc(-c3nc(NCCN4C(=O)NC(C)(C)C4=O)ncc3F)cc2c1. The fourth-order valence-corrected chi connectivity index (χ4v) is 4.70. The summed E-state index contributed by atoms with van der Waals surface area (Å²) >= 11 is 1.43. The van der Waals surface area contributed by atoms with Crippen molar-refractivity contribution >= 4 is 39.3 Å². The van der Waals surface area contributed by atoms with Gasteiger partial charge < -0.3 is 20.7 Å². The first-order valence-corrected chi connectivity index (χ1v) is 12.3. The third-order valence-corrected chi connectivity index (χ3v) is 6.57. The molecule has 1 aromatic carbocycles. The smallest absolute Gasteiger partial charge is 0.325 e. The number of thiophene rings is 1. The van der Waals surface area contributed by atoms with E-state index in [1.165, 1.54) is 11.3 Å². The Labute approximate surface area is 207 Å². The first kappa shape index (κ1) is 24.8. The van der Waals surface area contributed by atoms with Gasteiger partial charge in [0.05, 0.1) is 11.1 Å². The number of anilines is 1. The van der Waals surface area contributed by atoms with Crippen molar-refractivity contribution in [2.45, 2.75) is 39.3 Å². The lowest BCUT2D eigenvalue weighted by Gasteiger charge is -2.16. The quantitative estimate of drug-likeness (QED) is 0.288. The first-order valence-electron chi connectivity index (χ1n) is 11.4. The van der Waals surface area contributed by atoms with Crippen LogP contribution in [0.3, 0.4) is 0 Å². The Morgan fingerprint density at radius 3 is 2.74 bits per heavy atom. The summed E-state index contributed by atoms with van der Waals surface area (Å²) in [6.45, 7) is 9.15. The molecule has 1 fully saturated rings. The van der Waals surface area contributed by atoms with E-state index in [-0.39, 0.29) is 30.6 Å². The van der Waals surface area contributed by atoms with E-state index in [1.807, 2.05) is 24.3 Å². The van der Waals surface area contributed by atoms with Gasteiger partial charge in [-0.25, -0.2) is 19.2 Å². The second-order valence-corrected chi connectivity index (χ2v) is 10.2. The van der Waals surface area contributed by atoms with Crippen LogP contribution in [0, 0.1) is 5.82 Å². The van der Waals surface area contributed by atoms with Gasteiger partial charge in [0.2, 0.25) is 5.95 Å². The lowest BCUT2D eigenvalue weighted by Crippen LogP contribution is -2.40. The highest BCUT2D eigenvalue weighted by Gasteiger charge is 2.43. The number of hydrogen-bond acceptors (Lipinski definition) is 8. The number of imide groups is 1. The summed E-state index contributed by atoms with van der Waals surface area (Å²) in [4.78, 5) is 34.4. The van der Waals surface area contributed by atoms with Crippen molar-refractivity contribution in [3.63, 3.8) is 0 Å². The van der Waals surface area contributed by atoms with Crippen molar-refractivity contribution in [3.05, 3.63) is 36.3 Å². The van der Waals surface area contributed by atoms with Crippen molar-refractivity contribution < 1.29 is 18.7 Å². The molecular weight excluding hydrogens is 471 g/mol. The van der Waals surface area contributed by atoms with Gasteiger partial charge in [0, 0.05) is 30.4 Å². The zero-order valence-corrected chi connectivity index (χ0v) is 21.0. The summed E-state index contributed by atoms with van der Waals surface area (Å²) in [5.41, 5.74) is -0.739. The van der Waals surface area contributed by atoms with Crippen molar-refractivity contribution in [1.29, 1.82) is 0 Å². The molecule has 0 atom stereocenters. The minimum absolute atomic E-state index is 0.141. The van der Waals surface area contributed by atoms with Crippen LogP contribution in [0.4, 0.5) is 15.1 Å². The van der Waals surface area contributed by atoms with E-state index >= 15 is 0 Å². The molecule has 0 spiro atoms. The standard InChI is InChI=1S/C24H29FN6O3S/c1-14(2)26-8-10-34-16-5-6-18-15(11-16)12-19(35-18)20-17(25)13-28-22(29-20)27-7-9-31-21(32)24(3,4)30-23(31)33/h5-6,11-14,26H,7-10H2,1-4H3,(H,30,33)(H,27,28,29). The van der Waals surface area contributed by atoms with Gasteiger partial charge in [0.15, 0.2) is 5.82 Å². The molecule has 4 rings (SSSR count). The van der Waals surface area contributed by atoms with Crippen molar-refractivity contribution in [3.8, 4) is 16.3 Å². The molecule has 35 heavy (non-hydrogen) atoms. The van der Waals surface area contributed by atoms with Crippen molar-refractivity contribution in [1.82, 2.24) is 25.5 Å². The topological polar surface area (TPSA) is 108 Å². The van der Waals surface area contributed by atoms with E-state index in [4.69, 9.17) is 4.74 Å². The third kappa shape index (κ3) is 5.68. The number of carbonyl (C=O) groups is 2. The van der Waals surface area contributed by atoms with E-state index in [2.05, 4.69) is 39.8 Å². The molecule has 3 aromatic rings. The average molecular weight is 501 g/mol. The van der Waals surface area contributed by atoms with Gasteiger partial charge in [0.25, 0.3) is 5.91 Å². The van der Waals surface area contributed by atoms with E-state index in [0.717, 1.165) is 33.5 Å². The summed E-state index contributed by atoms with van der Waals surface area (Å²) < 4.78 is 21.4. The van der Waals surface area contributed by atoms with Crippen LogP contribution >= 0.6 is 11.3 Å². The molecule has 1 aliphatic rings. The molecule has 3 amide bonds. The third-order valence-electron chi connectivity index (χ3n) is 5.45. The van der Waals surface area contributed by atoms with Crippen LogP contribution in [0.2, 0.25) is 0 Å². The van der Waals surface area contributed by atoms with Crippen LogP contribution < -0.4 is 20.7 Å². The number of rotatable bonds is 10. The summed E-state index contributed by atoms with van der Waals surface area (Å²) in [5.74, 6) is 0.137. The number of aromatic nitrogens is 2. The number of hydrogen-bond donors (Lipinski definition) is 3. The maximum atomic E-state index is 14.6. The van der Waals surface area contributed by atoms with E-state index in [0.29, 0.717) is 17.5 Å². The molecule has 0 radical (unpaired) electrons. The Morgan fingerprint density at radius 2 is 2.03 bits per heavy atom. The Hall–Kier alpha value is -3.31. The second kappa shape index (κ2) is 10.1. The maximum Gasteiger partial charge on any atom is 0.325 e. The average Bonchev–Trinajstić information content (AvgIpc) is 3.30. The Bertz CT molecular complexity index is 1250. The fraction of sp³-hybridized carbons (Fsp3) is 0.417.